The molecule has 10 nitrogen and oxygen atoms in total. The molecule has 0 saturated carbocycles. The maximum atomic E-state index is 11.3. The van der Waals surface area contributed by atoms with Gasteiger partial charge in [-0.3, -0.25) is 24.0 Å². The van der Waals surface area contributed by atoms with Crippen molar-refractivity contribution in [1.29, 1.82) is 0 Å². The Bertz CT molecular complexity index is 1830. The van der Waals surface area contributed by atoms with E-state index >= 15 is 0 Å². The van der Waals surface area contributed by atoms with Gasteiger partial charge in [-0.2, -0.15) is 0 Å². The van der Waals surface area contributed by atoms with E-state index in [4.69, 9.17) is 70.4 Å². The van der Waals surface area contributed by atoms with Crippen molar-refractivity contribution in [1.82, 2.24) is 0 Å². The Morgan fingerprint density at radius 2 is 1.24 bits per heavy atom. The number of benzene rings is 3. The summed E-state index contributed by atoms with van der Waals surface area (Å²) in [6, 6.07) is 18.2. The Kier molecular flexibility index (Phi) is 36.7. The van der Waals surface area contributed by atoms with E-state index in [-0.39, 0.29) is 151 Å². The number of phenols is 1. The fourth-order valence-electron chi connectivity index (χ4n) is 3.02. The van der Waals surface area contributed by atoms with Gasteiger partial charge < -0.3 is 25.5 Å². The summed E-state index contributed by atoms with van der Waals surface area (Å²) in [6.07, 6.45) is 0.557. The molecule has 271 valence electrons. The largest absolute Gasteiger partial charge is 1.00 e. The number of furan rings is 2. The number of phenolic OH excluding ortho intramolecular Hbond substituents is 1. The number of alkyl halides is 2. The molecular weight excluding hydrogens is 1060 g/mol. The van der Waals surface area contributed by atoms with Crippen LogP contribution in [0.2, 0.25) is 15.1 Å². The molecule has 51 heavy (non-hydrogen) atoms. The van der Waals surface area contributed by atoms with Crippen LogP contribution in [0.5, 0.6) is 5.75 Å². The molecule has 3 aromatic carbocycles. The summed E-state index contributed by atoms with van der Waals surface area (Å²) in [5, 5.41) is 21.1. The van der Waals surface area contributed by atoms with Crippen molar-refractivity contribution in [2.45, 2.75) is 13.8 Å². The smallest absolute Gasteiger partial charge is 1.00 e. The molecule has 0 unspecified atom stereocenters. The molecule has 0 fully saturated rings. The zero-order valence-corrected chi connectivity index (χ0v) is 42.0. The molecule has 20 heteroatoms. The Morgan fingerprint density at radius 3 is 1.59 bits per heavy atom. The zero-order valence-electron chi connectivity index (χ0n) is 28.0. The number of halogens is 7. The minimum atomic E-state index is -0.181. The van der Waals surface area contributed by atoms with E-state index in [2.05, 4.69) is 49.0 Å². The topological polar surface area (TPSA) is 164 Å². The van der Waals surface area contributed by atoms with Crippen molar-refractivity contribution >= 4 is 143 Å². The van der Waals surface area contributed by atoms with Crippen LogP contribution in [0.25, 0.3) is 21.9 Å². The molecule has 0 saturated heterocycles. The summed E-state index contributed by atoms with van der Waals surface area (Å²) in [5.74, 6) is 0.701. The fourth-order valence-corrected chi connectivity index (χ4v) is 3.84. The fraction of sp³-hybridized carbons (Fsp3) is 0.129. The van der Waals surface area contributed by atoms with Gasteiger partial charge in [-0.25, -0.2) is 0 Å². The van der Waals surface area contributed by atoms with Gasteiger partial charge in [0.1, 0.15) is 22.7 Å². The van der Waals surface area contributed by atoms with Gasteiger partial charge in [-0.15, -0.1) is 11.6 Å². The standard InChI is InChI=1S/C10H6BrClO2.C10H7ClO2.C7H5ClO2.C3H5ClO.CH2O3.2BrH.Cu.2K.H/c11-5-8(13)10-4-6-3-7(12)1-2-9(6)14-10;1-6(12)10-5-7-4-8(11)2-3-9(7)13-10;8-6-1-2-7(10)5(3-6)4-9;1-3(5)2-4;2-1-4-3;;;;;;/h1-4H,5H2;2-5H,1H3;1-4,10H;2H2,1H3;1,3H;2*1H;;;;/q;;;;;;;+2;2*+1;-1/p-3. The van der Waals surface area contributed by atoms with Gasteiger partial charge in [0, 0.05) is 32.8 Å². The van der Waals surface area contributed by atoms with Gasteiger partial charge in [0.15, 0.2) is 23.6 Å². The summed E-state index contributed by atoms with van der Waals surface area (Å²) in [7, 11) is 0. The molecule has 0 amide bonds. The quantitative estimate of drug-likeness (QED) is 0.0660. The predicted octanol–water partition coefficient (Wildman–Crippen LogP) is 3.87. The summed E-state index contributed by atoms with van der Waals surface area (Å²) in [6.45, 7) is 2.74. The number of fused-ring (bicyclic) bond motifs is 2. The number of carbonyl (C=O) groups excluding carboxylic acids is 5. The van der Waals surface area contributed by atoms with Crippen molar-refractivity contribution in [2.24, 2.45) is 0 Å². The van der Waals surface area contributed by atoms with Crippen LogP contribution in [0, 0.1) is 0 Å². The van der Waals surface area contributed by atoms with Crippen molar-refractivity contribution in [2.75, 3.05) is 11.2 Å². The normalized spacial score (nSPS) is 9.06. The van der Waals surface area contributed by atoms with E-state index in [1.165, 1.54) is 43.4 Å². The maximum Gasteiger partial charge on any atom is 1.00 e. The SMILES string of the molecule is CC(=O)CCl.CC(=O)c1cc2cc(Cl)ccc2o1.O=C(CBr)c1cc2cc(Cl)ccc2o1.O=CO[O-].O=Cc1cc(Cl)ccc1O.[Br][Cu][Br].[H-].[K+].[K+]. The third kappa shape index (κ3) is 24.3. The van der Waals surface area contributed by atoms with Crippen LogP contribution in [-0.2, 0) is 25.8 Å². The second-order valence-electron chi connectivity index (χ2n) is 8.59. The summed E-state index contributed by atoms with van der Waals surface area (Å²) >= 11 is 32.6. The summed E-state index contributed by atoms with van der Waals surface area (Å²) < 4.78 is 10.6. The number of hydrogen-bond acceptors (Lipinski definition) is 10. The second kappa shape index (κ2) is 33.2. The first-order chi connectivity index (χ1) is 23.2. The minimum absolute atomic E-state index is 0. The number of aromatic hydroxyl groups is 1. The molecule has 5 rings (SSSR count). The molecule has 0 aliphatic carbocycles. The van der Waals surface area contributed by atoms with Crippen LogP contribution in [0.1, 0.15) is 46.7 Å². The molecular formula is C31H25Br3Cl4CuK2O10. The first-order valence-corrected chi connectivity index (χ1v) is 20.2. The van der Waals surface area contributed by atoms with Crippen LogP contribution in [0.4, 0.5) is 0 Å². The Labute approximate surface area is 428 Å². The van der Waals surface area contributed by atoms with Crippen molar-refractivity contribution in [3.05, 3.63) is 98.9 Å². The molecule has 2 aromatic heterocycles. The van der Waals surface area contributed by atoms with Gasteiger partial charge in [0.05, 0.1) is 16.8 Å². The monoisotopic (exact) mass is 1070 g/mol. The molecule has 0 spiro atoms. The van der Waals surface area contributed by atoms with E-state index in [0.717, 1.165) is 10.8 Å². The number of rotatable bonds is 6. The molecule has 2 heterocycles. The van der Waals surface area contributed by atoms with E-state index in [9.17, 15) is 19.2 Å². The average molecular weight is 1080 g/mol. The molecule has 0 atom stereocenters. The number of ketones is 3. The van der Waals surface area contributed by atoms with Gasteiger partial charge in [0.25, 0.3) is 6.47 Å². The van der Waals surface area contributed by atoms with E-state index in [1.54, 1.807) is 48.5 Å². The third-order valence-electron chi connectivity index (χ3n) is 5.04. The van der Waals surface area contributed by atoms with Crippen LogP contribution in [-0.4, -0.2) is 46.4 Å². The van der Waals surface area contributed by atoms with Crippen LogP contribution in [0.3, 0.4) is 0 Å². The number of hydrogen-bond donors (Lipinski definition) is 1. The van der Waals surface area contributed by atoms with Gasteiger partial charge in [-0.1, -0.05) is 50.7 Å². The van der Waals surface area contributed by atoms with Gasteiger partial charge in [0.2, 0.25) is 5.78 Å². The van der Waals surface area contributed by atoms with E-state index < -0.39 is 0 Å². The van der Waals surface area contributed by atoms with Gasteiger partial charge in [-0.05, 0) is 73.7 Å². The maximum absolute atomic E-state index is 11.3. The first-order valence-electron chi connectivity index (χ1n) is 12.7. The van der Waals surface area contributed by atoms with Crippen molar-refractivity contribution < 1.29 is 164 Å². The van der Waals surface area contributed by atoms with Crippen LogP contribution in [0.15, 0.2) is 75.6 Å². The van der Waals surface area contributed by atoms with Gasteiger partial charge >= 0.3 is 142 Å². The molecule has 0 radical (unpaired) electrons. The molecule has 0 aliphatic heterocycles. The van der Waals surface area contributed by atoms with Crippen LogP contribution < -0.4 is 108 Å². The Morgan fingerprint density at radius 1 is 0.843 bits per heavy atom. The number of Topliss-reactive ketones (excluding diaryl/α,β-unsaturated/α-hetero) is 3. The summed E-state index contributed by atoms with van der Waals surface area (Å²) in [4.78, 5) is 53.4. The second-order valence-corrected chi connectivity index (χ2v) is 15.5. The molecule has 1 N–H and O–H groups in total. The van der Waals surface area contributed by atoms with E-state index in [0.29, 0.717) is 44.0 Å². The molecule has 0 aliphatic rings. The third-order valence-corrected chi connectivity index (χ3v) is 6.63. The zero-order chi connectivity index (χ0) is 37.5. The summed E-state index contributed by atoms with van der Waals surface area (Å²) in [5.41, 5.74) is 1.58. The first kappa shape index (κ1) is 56.4. The molecule has 0 bridgehead atoms. The van der Waals surface area contributed by atoms with Crippen molar-refractivity contribution in [3.63, 3.8) is 0 Å². The van der Waals surface area contributed by atoms with Crippen molar-refractivity contribution in [3.8, 4) is 5.75 Å². The number of aldehydes is 1. The van der Waals surface area contributed by atoms with Crippen LogP contribution >= 0.6 is 90.6 Å². The number of carbonyl (C=O) groups is 5. The average Bonchev–Trinajstić information content (AvgIpc) is 3.71. The minimum Gasteiger partial charge on any atom is -1.00 e. The molecule has 5 aromatic rings. The Hall–Kier alpha value is 1.04. The van der Waals surface area contributed by atoms with E-state index in [1.807, 2.05) is 0 Å². The Balaban J connectivity index is -0.000000283. The predicted molar refractivity (Wildman–Crippen MR) is 197 cm³/mol.